The van der Waals surface area contributed by atoms with Crippen LogP contribution in [0.2, 0.25) is 0 Å². The van der Waals surface area contributed by atoms with Crippen molar-refractivity contribution < 1.29 is 10.2 Å². The molecule has 3 saturated carbocycles. The first kappa shape index (κ1) is 22.6. The normalized spacial score (nSPS) is 45.6. The lowest BCUT2D eigenvalue weighted by atomic mass is 9.46. The van der Waals surface area contributed by atoms with Crippen LogP contribution < -0.4 is 0 Å². The van der Waals surface area contributed by atoms with Gasteiger partial charge in [-0.25, -0.2) is 0 Å². The summed E-state index contributed by atoms with van der Waals surface area (Å²) in [5, 5.41) is 20.8. The molecule has 2 heteroatoms. The van der Waals surface area contributed by atoms with Crippen molar-refractivity contribution in [3.8, 4) is 0 Å². The number of hydrogen-bond donors (Lipinski definition) is 2. The molecule has 0 radical (unpaired) electrons. The number of allylic oxidation sites excluding steroid dienone is 3. The fourth-order valence-electron chi connectivity index (χ4n) is 8.34. The number of rotatable bonds is 5. The smallest absolute Gasteiger partial charge is 0.0577 e. The van der Waals surface area contributed by atoms with Crippen molar-refractivity contribution in [3.05, 3.63) is 23.8 Å². The van der Waals surface area contributed by atoms with E-state index in [0.717, 1.165) is 37.0 Å². The Hall–Kier alpha value is -0.600. The van der Waals surface area contributed by atoms with E-state index in [2.05, 4.69) is 52.8 Å². The molecule has 170 valence electrons. The lowest BCUT2D eigenvalue weighted by molar-refractivity contribution is -0.0774. The average molecular weight is 415 g/mol. The van der Waals surface area contributed by atoms with E-state index in [1.807, 2.05) is 0 Å². The molecule has 0 heterocycles. The van der Waals surface area contributed by atoms with Crippen molar-refractivity contribution in [1.29, 1.82) is 0 Å². The fourth-order valence-corrected chi connectivity index (χ4v) is 8.34. The fraction of sp³-hybridized carbons (Fsp3) is 0.857. The molecule has 4 aliphatic rings. The molecule has 30 heavy (non-hydrogen) atoms. The number of aliphatic hydroxyl groups excluding tert-OH is 2. The van der Waals surface area contributed by atoms with Crippen molar-refractivity contribution in [2.24, 2.45) is 52.3 Å². The van der Waals surface area contributed by atoms with E-state index in [4.69, 9.17) is 0 Å². The van der Waals surface area contributed by atoms with Gasteiger partial charge >= 0.3 is 0 Å². The first-order valence-electron chi connectivity index (χ1n) is 12.9. The molecule has 0 aromatic carbocycles. The quantitative estimate of drug-likeness (QED) is 0.512. The second kappa shape index (κ2) is 8.39. The molecule has 0 aromatic rings. The topological polar surface area (TPSA) is 40.5 Å². The number of hydrogen-bond acceptors (Lipinski definition) is 2. The van der Waals surface area contributed by atoms with Gasteiger partial charge in [0.1, 0.15) is 0 Å². The maximum absolute atomic E-state index is 10.6. The minimum atomic E-state index is -0.196. The van der Waals surface area contributed by atoms with Crippen LogP contribution >= 0.6 is 0 Å². The van der Waals surface area contributed by atoms with Crippen molar-refractivity contribution in [1.82, 2.24) is 0 Å². The lowest BCUT2D eigenvalue weighted by Gasteiger charge is -2.58. The monoisotopic (exact) mass is 414 g/mol. The molecule has 0 aliphatic heterocycles. The Morgan fingerprint density at radius 3 is 2.50 bits per heavy atom. The van der Waals surface area contributed by atoms with E-state index in [9.17, 15) is 10.2 Å². The van der Waals surface area contributed by atoms with Gasteiger partial charge in [0.05, 0.1) is 12.7 Å². The standard InChI is InChI=1S/C28H46O2/c1-18(2)19(3)6-7-20(4)24-10-11-25-23-9-8-21-16-22(30)12-15-28(21,17-29)26(23)13-14-27(24,25)5/h6-8,18-20,22-26,29-30H,9-17H2,1-5H3/t19-,20+,22-,23-,24+,25-,26-,27+,28+/m0/s1. The van der Waals surface area contributed by atoms with Crippen LogP contribution in [0.1, 0.15) is 86.0 Å². The summed E-state index contributed by atoms with van der Waals surface area (Å²) in [6.45, 7) is 12.3. The molecule has 0 spiro atoms. The summed E-state index contributed by atoms with van der Waals surface area (Å²) in [7, 11) is 0. The van der Waals surface area contributed by atoms with Crippen LogP contribution in [0.4, 0.5) is 0 Å². The third-order valence-electron chi connectivity index (χ3n) is 10.6. The van der Waals surface area contributed by atoms with Gasteiger partial charge in [-0.2, -0.15) is 0 Å². The first-order chi connectivity index (χ1) is 14.2. The summed E-state index contributed by atoms with van der Waals surface area (Å²) in [5.74, 6) is 4.97. The highest BCUT2D eigenvalue weighted by Gasteiger charge is 2.60. The lowest BCUT2D eigenvalue weighted by Crippen LogP contribution is -2.53. The van der Waals surface area contributed by atoms with Crippen molar-refractivity contribution in [2.45, 2.75) is 92.1 Å². The highest BCUT2D eigenvalue weighted by molar-refractivity contribution is 5.26. The third kappa shape index (κ3) is 3.54. The van der Waals surface area contributed by atoms with Gasteiger partial charge in [-0.15, -0.1) is 0 Å². The molecule has 9 atom stereocenters. The maximum Gasteiger partial charge on any atom is 0.0577 e. The molecule has 3 fully saturated rings. The Morgan fingerprint density at radius 1 is 1.03 bits per heavy atom. The predicted octanol–water partition coefficient (Wildman–Crippen LogP) is 6.38. The summed E-state index contributed by atoms with van der Waals surface area (Å²) in [5.41, 5.74) is 1.81. The Balaban J connectivity index is 1.55. The molecule has 0 amide bonds. The molecule has 0 bridgehead atoms. The minimum Gasteiger partial charge on any atom is -0.395 e. The molecule has 4 rings (SSSR count). The molecule has 2 N–H and O–H groups in total. The highest BCUT2D eigenvalue weighted by Crippen LogP contribution is 2.67. The van der Waals surface area contributed by atoms with Crippen molar-refractivity contribution in [2.75, 3.05) is 6.61 Å². The molecular weight excluding hydrogens is 368 g/mol. The van der Waals surface area contributed by atoms with Crippen LogP contribution in [0.5, 0.6) is 0 Å². The predicted molar refractivity (Wildman–Crippen MR) is 125 cm³/mol. The second-order valence-electron chi connectivity index (χ2n) is 12.1. The van der Waals surface area contributed by atoms with Gasteiger partial charge < -0.3 is 10.2 Å². The van der Waals surface area contributed by atoms with Gasteiger partial charge in [-0.3, -0.25) is 0 Å². The second-order valence-corrected chi connectivity index (χ2v) is 12.1. The van der Waals surface area contributed by atoms with Gasteiger partial charge in [0, 0.05) is 5.41 Å². The number of fused-ring (bicyclic) bond motifs is 5. The summed E-state index contributed by atoms with van der Waals surface area (Å²) in [6, 6.07) is 0. The Labute approximate surface area is 185 Å². The van der Waals surface area contributed by atoms with E-state index >= 15 is 0 Å². The van der Waals surface area contributed by atoms with Gasteiger partial charge in [0.2, 0.25) is 0 Å². The third-order valence-corrected chi connectivity index (χ3v) is 10.6. The molecule has 2 nitrogen and oxygen atoms in total. The molecular formula is C28H46O2. The van der Waals surface area contributed by atoms with Gasteiger partial charge in [-0.05, 0) is 98.2 Å². The summed E-state index contributed by atoms with van der Waals surface area (Å²) >= 11 is 0. The highest BCUT2D eigenvalue weighted by atomic mass is 16.3. The van der Waals surface area contributed by atoms with E-state index in [0.29, 0.717) is 29.1 Å². The van der Waals surface area contributed by atoms with Crippen molar-refractivity contribution in [3.63, 3.8) is 0 Å². The summed E-state index contributed by atoms with van der Waals surface area (Å²) < 4.78 is 0. The molecule has 4 aliphatic carbocycles. The van der Waals surface area contributed by atoms with Gasteiger partial charge in [0.15, 0.2) is 0 Å². The van der Waals surface area contributed by atoms with E-state index < -0.39 is 0 Å². The van der Waals surface area contributed by atoms with Crippen LogP contribution in [-0.4, -0.2) is 22.9 Å². The number of aliphatic hydroxyl groups is 2. The summed E-state index contributed by atoms with van der Waals surface area (Å²) in [6.07, 6.45) is 16.4. The van der Waals surface area contributed by atoms with Crippen LogP contribution in [0.15, 0.2) is 23.8 Å². The van der Waals surface area contributed by atoms with Crippen molar-refractivity contribution >= 4 is 0 Å². The zero-order valence-electron chi connectivity index (χ0n) is 20.1. The minimum absolute atomic E-state index is 0.0280. The van der Waals surface area contributed by atoms with E-state index in [1.54, 1.807) is 0 Å². The maximum atomic E-state index is 10.6. The largest absolute Gasteiger partial charge is 0.395 e. The Bertz CT molecular complexity index is 678. The summed E-state index contributed by atoms with van der Waals surface area (Å²) in [4.78, 5) is 0. The van der Waals surface area contributed by atoms with Gasteiger partial charge in [-0.1, -0.05) is 58.4 Å². The zero-order chi connectivity index (χ0) is 21.7. The first-order valence-corrected chi connectivity index (χ1v) is 12.9. The van der Waals surface area contributed by atoms with Gasteiger partial charge in [0.25, 0.3) is 0 Å². The molecule has 0 saturated heterocycles. The molecule has 0 aromatic heterocycles. The van der Waals surface area contributed by atoms with Crippen LogP contribution in [0.25, 0.3) is 0 Å². The van der Waals surface area contributed by atoms with E-state index in [1.165, 1.54) is 37.7 Å². The molecule has 0 unspecified atom stereocenters. The Morgan fingerprint density at radius 2 is 1.80 bits per heavy atom. The Kier molecular flexibility index (Phi) is 6.32. The SMILES string of the molecule is CC(C)[C@@H](C)C=C[C@@H](C)[C@H]1CC[C@H]2[C@@H]3CC=C4C[C@@H](O)CC[C@]4(CO)[C@H]3CC[C@]12C. The van der Waals surface area contributed by atoms with E-state index in [-0.39, 0.29) is 18.1 Å². The van der Waals surface area contributed by atoms with Crippen LogP contribution in [0, 0.1) is 52.3 Å². The van der Waals surface area contributed by atoms with Crippen LogP contribution in [-0.2, 0) is 0 Å². The average Bonchev–Trinajstić information content (AvgIpc) is 3.08. The zero-order valence-corrected chi connectivity index (χ0v) is 20.1. The van der Waals surface area contributed by atoms with Crippen LogP contribution in [0.3, 0.4) is 0 Å².